The van der Waals surface area contributed by atoms with Crippen molar-refractivity contribution in [3.63, 3.8) is 0 Å². The largest absolute Gasteiger partial charge is 0.504 e. The third-order valence-corrected chi connectivity index (χ3v) is 1.27. The van der Waals surface area contributed by atoms with Gasteiger partial charge in [-0.3, -0.25) is 4.79 Å². The highest BCUT2D eigenvalue weighted by molar-refractivity contribution is 5.69. The zero-order chi connectivity index (χ0) is 8.69. The first-order chi connectivity index (χ1) is 5.20. The number of ether oxygens (including phenoxy) is 2. The molecule has 0 bridgehead atoms. The summed E-state index contributed by atoms with van der Waals surface area (Å²) in [6.07, 6.45) is 2.74. The Balaban J connectivity index is 3.53. The van der Waals surface area contributed by atoms with Gasteiger partial charge in [-0.1, -0.05) is 0 Å². The molecular formula is C8H14O3. The van der Waals surface area contributed by atoms with Crippen LogP contribution < -0.4 is 0 Å². The minimum atomic E-state index is -0.186. The summed E-state index contributed by atoms with van der Waals surface area (Å²) in [7, 11) is 2.97. The molecule has 0 saturated carbocycles. The molecule has 3 heteroatoms. The fourth-order valence-electron chi connectivity index (χ4n) is 0.661. The summed E-state index contributed by atoms with van der Waals surface area (Å²) in [6, 6.07) is 0. The van der Waals surface area contributed by atoms with E-state index in [9.17, 15) is 4.79 Å². The predicted octanol–water partition coefficient (Wildman–Crippen LogP) is 1.49. The van der Waals surface area contributed by atoms with Gasteiger partial charge in [-0.15, -0.1) is 0 Å². The van der Waals surface area contributed by atoms with Crippen LogP contribution in [-0.4, -0.2) is 20.2 Å². The van der Waals surface area contributed by atoms with Gasteiger partial charge in [0.1, 0.15) is 0 Å². The number of esters is 1. The SMILES string of the molecule is CO/C=C(\C)CCC(=O)OC. The molecule has 64 valence electrons. The molecule has 0 spiro atoms. The van der Waals surface area contributed by atoms with Crippen LogP contribution in [0.1, 0.15) is 19.8 Å². The van der Waals surface area contributed by atoms with Crippen LogP contribution in [-0.2, 0) is 14.3 Å². The van der Waals surface area contributed by atoms with Crippen molar-refractivity contribution in [2.24, 2.45) is 0 Å². The van der Waals surface area contributed by atoms with E-state index < -0.39 is 0 Å². The number of hydrogen-bond donors (Lipinski definition) is 0. The number of hydrogen-bond acceptors (Lipinski definition) is 3. The van der Waals surface area contributed by atoms with Crippen molar-refractivity contribution in [2.75, 3.05) is 14.2 Å². The second-order valence-corrected chi connectivity index (χ2v) is 2.28. The Kier molecular flexibility index (Phi) is 5.25. The van der Waals surface area contributed by atoms with E-state index in [2.05, 4.69) is 4.74 Å². The van der Waals surface area contributed by atoms with Crippen LogP contribution in [0.2, 0.25) is 0 Å². The van der Waals surface area contributed by atoms with E-state index in [0.29, 0.717) is 12.8 Å². The average Bonchev–Trinajstić information content (AvgIpc) is 2.01. The van der Waals surface area contributed by atoms with Crippen molar-refractivity contribution < 1.29 is 14.3 Å². The lowest BCUT2D eigenvalue weighted by atomic mass is 10.2. The van der Waals surface area contributed by atoms with E-state index in [4.69, 9.17) is 4.74 Å². The molecule has 0 aliphatic rings. The van der Waals surface area contributed by atoms with Gasteiger partial charge in [-0.2, -0.15) is 0 Å². The van der Waals surface area contributed by atoms with E-state index in [1.807, 2.05) is 6.92 Å². The Morgan fingerprint density at radius 1 is 1.36 bits per heavy atom. The standard InChI is InChI=1S/C8H14O3/c1-7(6-10-2)4-5-8(9)11-3/h6H,4-5H2,1-3H3/b7-6+. The Labute approximate surface area is 67.0 Å². The normalized spacial score (nSPS) is 11.0. The Bertz CT molecular complexity index is 149. The van der Waals surface area contributed by atoms with Crippen molar-refractivity contribution in [3.8, 4) is 0 Å². The fourth-order valence-corrected chi connectivity index (χ4v) is 0.661. The molecule has 0 rings (SSSR count). The molecule has 0 atom stereocenters. The summed E-state index contributed by atoms with van der Waals surface area (Å²) in [4.78, 5) is 10.6. The van der Waals surface area contributed by atoms with Gasteiger partial charge in [0.15, 0.2) is 0 Å². The maximum atomic E-state index is 10.6. The lowest BCUT2D eigenvalue weighted by Gasteiger charge is -1.99. The molecule has 0 N–H and O–H groups in total. The van der Waals surface area contributed by atoms with Crippen molar-refractivity contribution >= 4 is 5.97 Å². The second kappa shape index (κ2) is 5.77. The lowest BCUT2D eigenvalue weighted by Crippen LogP contribution is -1.99. The van der Waals surface area contributed by atoms with Gasteiger partial charge >= 0.3 is 5.97 Å². The highest BCUT2D eigenvalue weighted by atomic mass is 16.5. The summed E-state index contributed by atoms with van der Waals surface area (Å²) in [5.74, 6) is -0.186. The van der Waals surface area contributed by atoms with E-state index in [1.165, 1.54) is 7.11 Å². The minimum Gasteiger partial charge on any atom is -0.504 e. The monoisotopic (exact) mass is 158 g/mol. The maximum absolute atomic E-state index is 10.6. The predicted molar refractivity (Wildman–Crippen MR) is 42.0 cm³/mol. The number of rotatable bonds is 4. The molecule has 0 saturated heterocycles. The molecule has 0 unspecified atom stereocenters. The van der Waals surface area contributed by atoms with Crippen molar-refractivity contribution in [3.05, 3.63) is 11.8 Å². The molecule has 0 fully saturated rings. The molecule has 0 aromatic heterocycles. The second-order valence-electron chi connectivity index (χ2n) is 2.28. The van der Waals surface area contributed by atoms with Crippen LogP contribution >= 0.6 is 0 Å². The van der Waals surface area contributed by atoms with Crippen molar-refractivity contribution in [1.29, 1.82) is 0 Å². The summed E-state index contributed by atoms with van der Waals surface area (Å²) < 4.78 is 9.23. The first kappa shape index (κ1) is 10.0. The molecule has 0 aliphatic heterocycles. The van der Waals surface area contributed by atoms with Crippen LogP contribution in [0.3, 0.4) is 0 Å². The molecular weight excluding hydrogens is 144 g/mol. The highest BCUT2D eigenvalue weighted by Gasteiger charge is 1.99. The van der Waals surface area contributed by atoms with Crippen LogP contribution in [0, 0.1) is 0 Å². The van der Waals surface area contributed by atoms with Gasteiger partial charge in [0, 0.05) is 6.42 Å². The van der Waals surface area contributed by atoms with Gasteiger partial charge in [-0.25, -0.2) is 0 Å². The van der Waals surface area contributed by atoms with E-state index in [0.717, 1.165) is 5.57 Å². The van der Waals surface area contributed by atoms with Crippen molar-refractivity contribution in [2.45, 2.75) is 19.8 Å². The molecule has 0 heterocycles. The van der Waals surface area contributed by atoms with E-state index in [1.54, 1.807) is 13.4 Å². The van der Waals surface area contributed by atoms with Crippen LogP contribution in [0.4, 0.5) is 0 Å². The van der Waals surface area contributed by atoms with Crippen LogP contribution in [0.15, 0.2) is 11.8 Å². The fraction of sp³-hybridized carbons (Fsp3) is 0.625. The molecule has 0 radical (unpaired) electrons. The van der Waals surface area contributed by atoms with E-state index >= 15 is 0 Å². The first-order valence-corrected chi connectivity index (χ1v) is 3.46. The number of carbonyl (C=O) groups excluding carboxylic acids is 1. The highest BCUT2D eigenvalue weighted by Crippen LogP contribution is 2.03. The van der Waals surface area contributed by atoms with Gasteiger partial charge in [-0.05, 0) is 18.9 Å². The Morgan fingerprint density at radius 2 is 2.00 bits per heavy atom. The smallest absolute Gasteiger partial charge is 0.305 e. The molecule has 3 nitrogen and oxygen atoms in total. The third-order valence-electron chi connectivity index (χ3n) is 1.27. The topological polar surface area (TPSA) is 35.5 Å². The van der Waals surface area contributed by atoms with Gasteiger partial charge in [0.2, 0.25) is 0 Å². The Hall–Kier alpha value is -0.990. The molecule has 0 aliphatic carbocycles. The zero-order valence-electron chi connectivity index (χ0n) is 7.22. The number of carbonyl (C=O) groups is 1. The van der Waals surface area contributed by atoms with E-state index in [-0.39, 0.29) is 5.97 Å². The first-order valence-electron chi connectivity index (χ1n) is 3.46. The van der Waals surface area contributed by atoms with Gasteiger partial charge in [0.05, 0.1) is 20.5 Å². The summed E-state index contributed by atoms with van der Waals surface area (Å²) in [5.41, 5.74) is 1.04. The maximum Gasteiger partial charge on any atom is 0.305 e. The zero-order valence-corrected chi connectivity index (χ0v) is 7.22. The molecule has 0 aromatic rings. The third kappa shape index (κ3) is 5.45. The van der Waals surface area contributed by atoms with Crippen LogP contribution in [0.5, 0.6) is 0 Å². The Morgan fingerprint density at radius 3 is 2.45 bits per heavy atom. The van der Waals surface area contributed by atoms with Gasteiger partial charge in [0.25, 0.3) is 0 Å². The minimum absolute atomic E-state index is 0.186. The van der Waals surface area contributed by atoms with Crippen molar-refractivity contribution in [1.82, 2.24) is 0 Å². The molecule has 0 aromatic carbocycles. The summed E-state index contributed by atoms with van der Waals surface area (Å²) in [6.45, 7) is 1.91. The van der Waals surface area contributed by atoms with Gasteiger partial charge < -0.3 is 9.47 Å². The molecule has 11 heavy (non-hydrogen) atoms. The summed E-state index contributed by atoms with van der Waals surface area (Å²) >= 11 is 0. The average molecular weight is 158 g/mol. The van der Waals surface area contributed by atoms with Crippen LogP contribution in [0.25, 0.3) is 0 Å². The summed E-state index contributed by atoms with van der Waals surface area (Å²) in [5, 5.41) is 0. The molecule has 0 amide bonds. The number of methoxy groups -OCH3 is 2. The lowest BCUT2D eigenvalue weighted by molar-refractivity contribution is -0.140. The number of allylic oxidation sites excluding steroid dienone is 1. The quantitative estimate of drug-likeness (QED) is 0.459.